The predicted molar refractivity (Wildman–Crippen MR) is 116 cm³/mol. The van der Waals surface area contributed by atoms with Crippen LogP contribution in [0.25, 0.3) is 11.1 Å². The number of nitrogens with zero attached hydrogens (tertiary/aromatic N) is 4. The minimum atomic E-state index is 0.316. The lowest BCUT2D eigenvalue weighted by Crippen LogP contribution is -2.38. The first-order valence-corrected chi connectivity index (χ1v) is 10.6. The molecule has 0 spiro atoms. The number of pyridine rings is 1. The molecule has 6 nitrogen and oxygen atoms in total. The lowest BCUT2D eigenvalue weighted by Gasteiger charge is -2.37. The first-order valence-electron chi connectivity index (χ1n) is 10.6. The summed E-state index contributed by atoms with van der Waals surface area (Å²) in [5, 5.41) is 4.57. The van der Waals surface area contributed by atoms with Crippen LogP contribution in [0.3, 0.4) is 0 Å². The Morgan fingerprint density at radius 3 is 2.87 bits per heavy atom. The third-order valence-electron chi connectivity index (χ3n) is 6.09. The molecular formula is C24H26N4O2. The summed E-state index contributed by atoms with van der Waals surface area (Å²) in [6.45, 7) is 4.58. The highest BCUT2D eigenvalue weighted by Gasteiger charge is 2.29. The summed E-state index contributed by atoms with van der Waals surface area (Å²) < 4.78 is 8.49. The van der Waals surface area contributed by atoms with E-state index < -0.39 is 0 Å². The van der Waals surface area contributed by atoms with E-state index >= 15 is 0 Å². The van der Waals surface area contributed by atoms with Crippen molar-refractivity contribution >= 4 is 12.0 Å². The number of aryl methyl sites for hydroxylation is 1. The van der Waals surface area contributed by atoms with Gasteiger partial charge in [-0.3, -0.25) is 4.68 Å². The molecule has 30 heavy (non-hydrogen) atoms. The summed E-state index contributed by atoms with van der Waals surface area (Å²) in [5.74, 6) is 1.41. The van der Waals surface area contributed by atoms with Crippen molar-refractivity contribution in [3.05, 3.63) is 54.0 Å². The Hall–Kier alpha value is -3.15. The van der Waals surface area contributed by atoms with E-state index in [0.29, 0.717) is 24.5 Å². The van der Waals surface area contributed by atoms with Gasteiger partial charge in [0.05, 0.1) is 18.8 Å². The molecule has 2 aliphatic rings. The quantitative estimate of drug-likeness (QED) is 0.558. The Balaban J connectivity index is 1.63. The van der Waals surface area contributed by atoms with Gasteiger partial charge in [0.25, 0.3) is 0 Å². The summed E-state index contributed by atoms with van der Waals surface area (Å²) >= 11 is 0. The maximum Gasteiger partial charge on any atom is 0.219 e. The van der Waals surface area contributed by atoms with Gasteiger partial charge in [0.15, 0.2) is 0 Å². The molecule has 1 aliphatic heterocycles. The molecule has 1 fully saturated rings. The summed E-state index contributed by atoms with van der Waals surface area (Å²) in [6.07, 6.45) is 11.0. The average molecular weight is 402 g/mol. The van der Waals surface area contributed by atoms with E-state index in [0.717, 1.165) is 52.8 Å². The van der Waals surface area contributed by atoms with Crippen LogP contribution in [-0.2, 0) is 11.2 Å². The van der Waals surface area contributed by atoms with Gasteiger partial charge in [0, 0.05) is 46.9 Å². The minimum absolute atomic E-state index is 0.316. The molecule has 154 valence electrons. The number of carbonyl (C=O) groups excluding carboxylic acids is 1. The van der Waals surface area contributed by atoms with Gasteiger partial charge < -0.3 is 14.4 Å². The fourth-order valence-corrected chi connectivity index (χ4v) is 4.26. The molecule has 3 aromatic rings. The molecule has 1 aromatic carbocycles. The molecule has 0 radical (unpaired) electrons. The Kier molecular flexibility index (Phi) is 4.77. The van der Waals surface area contributed by atoms with Gasteiger partial charge in [0.1, 0.15) is 12.0 Å². The van der Waals surface area contributed by atoms with Crippen molar-refractivity contribution in [2.24, 2.45) is 0 Å². The van der Waals surface area contributed by atoms with Gasteiger partial charge in [-0.2, -0.15) is 5.10 Å². The summed E-state index contributed by atoms with van der Waals surface area (Å²) in [4.78, 5) is 17.9. The summed E-state index contributed by atoms with van der Waals surface area (Å²) in [7, 11) is 0. The maximum atomic E-state index is 11.3. The molecule has 0 bridgehead atoms. The summed E-state index contributed by atoms with van der Waals surface area (Å²) in [5.41, 5.74) is 5.37. The smallest absolute Gasteiger partial charge is 0.219 e. The SMILES string of the molecule is Cc1ccnc(Oc2c(-c3cnn(C4CC4)c3)ccc3c2CC[C@H](C)N3CC=O)c1. The van der Waals surface area contributed by atoms with E-state index in [1.54, 1.807) is 6.20 Å². The topological polar surface area (TPSA) is 60.3 Å². The van der Waals surface area contributed by atoms with E-state index in [2.05, 4.69) is 44.9 Å². The molecule has 0 N–H and O–H groups in total. The predicted octanol–water partition coefficient (Wildman–Crippen LogP) is 4.72. The van der Waals surface area contributed by atoms with Crippen molar-refractivity contribution in [1.29, 1.82) is 0 Å². The highest BCUT2D eigenvalue weighted by molar-refractivity contribution is 5.79. The van der Waals surface area contributed by atoms with Crippen molar-refractivity contribution in [2.75, 3.05) is 11.4 Å². The lowest BCUT2D eigenvalue weighted by atomic mass is 9.92. The van der Waals surface area contributed by atoms with Crippen molar-refractivity contribution < 1.29 is 9.53 Å². The second kappa shape index (κ2) is 7.59. The van der Waals surface area contributed by atoms with E-state index in [-0.39, 0.29) is 0 Å². The fraction of sp³-hybridized carbons (Fsp3) is 0.375. The van der Waals surface area contributed by atoms with Crippen LogP contribution in [0.4, 0.5) is 5.69 Å². The number of carbonyl (C=O) groups is 1. The Morgan fingerprint density at radius 1 is 1.23 bits per heavy atom. The molecule has 5 rings (SSSR count). The van der Waals surface area contributed by atoms with E-state index in [1.165, 1.54) is 12.8 Å². The maximum absolute atomic E-state index is 11.3. The molecule has 0 unspecified atom stereocenters. The first-order chi connectivity index (χ1) is 14.6. The van der Waals surface area contributed by atoms with Crippen LogP contribution in [0.2, 0.25) is 0 Å². The number of aromatic nitrogens is 3. The molecule has 2 aromatic heterocycles. The van der Waals surface area contributed by atoms with Crippen molar-refractivity contribution in [2.45, 2.75) is 51.6 Å². The van der Waals surface area contributed by atoms with E-state index in [1.807, 2.05) is 25.3 Å². The number of anilines is 1. The minimum Gasteiger partial charge on any atom is -0.438 e. The van der Waals surface area contributed by atoms with Crippen LogP contribution in [0.5, 0.6) is 11.6 Å². The van der Waals surface area contributed by atoms with E-state index in [9.17, 15) is 4.79 Å². The molecular weight excluding hydrogens is 376 g/mol. The molecule has 0 amide bonds. The van der Waals surface area contributed by atoms with Crippen LogP contribution in [0, 0.1) is 6.92 Å². The molecule has 0 saturated heterocycles. The van der Waals surface area contributed by atoms with Crippen LogP contribution in [-0.4, -0.2) is 33.6 Å². The second-order valence-electron chi connectivity index (χ2n) is 8.36. The van der Waals surface area contributed by atoms with Gasteiger partial charge in [-0.25, -0.2) is 4.98 Å². The largest absolute Gasteiger partial charge is 0.438 e. The molecule has 3 heterocycles. The van der Waals surface area contributed by atoms with Gasteiger partial charge in [-0.15, -0.1) is 0 Å². The number of hydrogen-bond acceptors (Lipinski definition) is 5. The lowest BCUT2D eigenvalue weighted by molar-refractivity contribution is -0.106. The Morgan fingerprint density at radius 2 is 2.10 bits per heavy atom. The third kappa shape index (κ3) is 3.47. The Bertz CT molecular complexity index is 1090. The second-order valence-corrected chi connectivity index (χ2v) is 8.36. The fourth-order valence-electron chi connectivity index (χ4n) is 4.26. The van der Waals surface area contributed by atoms with Gasteiger partial charge in [-0.05, 0) is 63.3 Å². The summed E-state index contributed by atoms with van der Waals surface area (Å²) in [6, 6.07) is 8.97. The molecule has 6 heteroatoms. The number of fused-ring (bicyclic) bond motifs is 1. The zero-order chi connectivity index (χ0) is 20.7. The standard InChI is InChI=1S/C24H26N4O2/c1-16-9-10-25-23(13-16)30-24-20(18-14-26-28(15-18)19-4-5-19)7-8-22-21(24)6-3-17(2)27(22)11-12-29/h7-10,12-15,17,19H,3-6,11H2,1-2H3/t17-/m0/s1. The Labute approximate surface area is 176 Å². The van der Waals surface area contributed by atoms with Crippen LogP contribution < -0.4 is 9.64 Å². The van der Waals surface area contributed by atoms with Crippen LogP contribution >= 0.6 is 0 Å². The zero-order valence-electron chi connectivity index (χ0n) is 17.4. The van der Waals surface area contributed by atoms with Gasteiger partial charge in [-0.1, -0.05) is 0 Å². The average Bonchev–Trinajstić information content (AvgIpc) is 3.47. The number of ether oxygens (including phenoxy) is 1. The number of rotatable bonds is 6. The number of benzene rings is 1. The molecule has 1 aliphatic carbocycles. The first kappa shape index (κ1) is 18.9. The van der Waals surface area contributed by atoms with Gasteiger partial charge in [0.2, 0.25) is 5.88 Å². The number of hydrogen-bond donors (Lipinski definition) is 0. The highest BCUT2D eigenvalue weighted by atomic mass is 16.5. The highest BCUT2D eigenvalue weighted by Crippen LogP contribution is 2.45. The van der Waals surface area contributed by atoms with Crippen LogP contribution in [0.1, 0.15) is 43.4 Å². The molecule has 1 atom stereocenters. The van der Waals surface area contributed by atoms with Crippen molar-refractivity contribution in [1.82, 2.24) is 14.8 Å². The van der Waals surface area contributed by atoms with E-state index in [4.69, 9.17) is 4.74 Å². The third-order valence-corrected chi connectivity index (χ3v) is 6.09. The van der Waals surface area contributed by atoms with Crippen LogP contribution in [0.15, 0.2) is 42.9 Å². The monoisotopic (exact) mass is 402 g/mol. The van der Waals surface area contributed by atoms with Crippen molar-refractivity contribution in [3.8, 4) is 22.8 Å². The molecule has 1 saturated carbocycles. The van der Waals surface area contributed by atoms with Crippen molar-refractivity contribution in [3.63, 3.8) is 0 Å². The number of aldehydes is 1. The normalized spacial score (nSPS) is 18.2. The zero-order valence-corrected chi connectivity index (χ0v) is 17.4. The van der Waals surface area contributed by atoms with Gasteiger partial charge >= 0.3 is 0 Å².